The van der Waals surface area contributed by atoms with Gasteiger partial charge in [-0.1, -0.05) is 11.6 Å². The number of carbonyl (C=O) groups excluding carboxylic acids is 1. The SMILES string of the molecule is O=C(NS(=O)(=O)C1CC1)c1cc(C2CC2)c(CN2CCC(Oc3ccc(F)cc3Cl)CC2)cc1F.O=C(O)C(F)(F)F. The van der Waals surface area contributed by atoms with Crippen LogP contribution in [0.1, 0.15) is 65.9 Å². The van der Waals surface area contributed by atoms with Crippen molar-refractivity contribution in [3.8, 4) is 5.75 Å². The molecule has 2 aromatic rings. The molecule has 0 atom stereocenters. The first kappa shape index (κ1) is 32.0. The Balaban J connectivity index is 0.000000517. The van der Waals surface area contributed by atoms with Gasteiger partial charge in [0.2, 0.25) is 10.0 Å². The average Bonchev–Trinajstić information content (AvgIpc) is 3.80. The molecule has 2 N–H and O–H groups in total. The molecule has 5 rings (SSSR count). The van der Waals surface area contributed by atoms with E-state index in [0.29, 0.717) is 25.1 Å². The van der Waals surface area contributed by atoms with E-state index in [9.17, 15) is 35.2 Å². The van der Waals surface area contributed by atoms with Crippen LogP contribution in [0.2, 0.25) is 5.02 Å². The summed E-state index contributed by atoms with van der Waals surface area (Å²) in [4.78, 5) is 23.7. The van der Waals surface area contributed by atoms with Gasteiger partial charge in [-0.2, -0.15) is 13.2 Å². The smallest absolute Gasteiger partial charge is 0.489 e. The molecule has 42 heavy (non-hydrogen) atoms. The number of carboxylic acids is 1. The molecule has 0 unspecified atom stereocenters. The summed E-state index contributed by atoms with van der Waals surface area (Å²) in [6.07, 6.45) is -0.661. The molecule has 3 aliphatic rings. The molecule has 0 spiro atoms. The van der Waals surface area contributed by atoms with E-state index in [2.05, 4.69) is 4.90 Å². The zero-order valence-corrected chi connectivity index (χ0v) is 23.7. The lowest BCUT2D eigenvalue weighted by atomic mass is 9.97. The highest BCUT2D eigenvalue weighted by atomic mass is 35.5. The minimum atomic E-state index is -5.08. The van der Waals surface area contributed by atoms with Crippen molar-refractivity contribution < 1.29 is 49.8 Å². The zero-order chi connectivity index (χ0) is 30.8. The number of benzene rings is 2. The summed E-state index contributed by atoms with van der Waals surface area (Å²) in [5.41, 5.74) is 1.52. The predicted molar refractivity (Wildman–Crippen MR) is 142 cm³/mol. The largest absolute Gasteiger partial charge is 0.490 e. The first-order valence-electron chi connectivity index (χ1n) is 13.2. The Bertz CT molecular complexity index is 1440. The van der Waals surface area contributed by atoms with Crippen LogP contribution in [0.25, 0.3) is 0 Å². The maximum absolute atomic E-state index is 14.9. The molecule has 8 nitrogen and oxygen atoms in total. The van der Waals surface area contributed by atoms with Gasteiger partial charge >= 0.3 is 12.1 Å². The standard InChI is InChI=1S/C25H27ClF2N2O4S.C2HF3O2/c26-22-12-17(27)3-6-24(22)34-18-7-9-30(10-8-18)14-16-11-23(28)21(13-20(16)15-1-2-15)25(31)29-35(32,33)19-4-5-19;3-2(4,5)1(6)7/h3,6,11-13,15,18-19H,1-2,4-5,7-10,14H2,(H,29,31);(H,6,7). The molecule has 1 saturated heterocycles. The van der Waals surface area contributed by atoms with Crippen molar-refractivity contribution >= 4 is 33.5 Å². The molecule has 2 aliphatic carbocycles. The van der Waals surface area contributed by atoms with E-state index in [1.807, 2.05) is 4.72 Å². The van der Waals surface area contributed by atoms with Crippen LogP contribution >= 0.6 is 11.6 Å². The van der Waals surface area contributed by atoms with Crippen LogP contribution in [0.15, 0.2) is 30.3 Å². The van der Waals surface area contributed by atoms with E-state index in [1.165, 1.54) is 30.3 Å². The third-order valence-electron chi connectivity index (χ3n) is 7.05. The van der Waals surface area contributed by atoms with Gasteiger partial charge in [-0.3, -0.25) is 9.69 Å². The van der Waals surface area contributed by atoms with Crippen molar-refractivity contribution in [1.29, 1.82) is 0 Å². The minimum absolute atomic E-state index is 0.0478. The number of rotatable bonds is 8. The highest BCUT2D eigenvalue weighted by Gasteiger charge is 2.39. The molecule has 2 saturated carbocycles. The number of sulfonamides is 1. The van der Waals surface area contributed by atoms with Crippen LogP contribution in [0.4, 0.5) is 22.0 Å². The van der Waals surface area contributed by atoms with Gasteiger partial charge in [0.25, 0.3) is 5.91 Å². The summed E-state index contributed by atoms with van der Waals surface area (Å²) < 4.78 is 92.2. The molecule has 1 amide bonds. The van der Waals surface area contributed by atoms with Gasteiger partial charge in [0.15, 0.2) is 0 Å². The number of piperidine rings is 1. The van der Waals surface area contributed by atoms with Crippen LogP contribution in [-0.4, -0.2) is 60.9 Å². The first-order chi connectivity index (χ1) is 19.6. The summed E-state index contributed by atoms with van der Waals surface area (Å²) in [6.45, 7) is 2.00. The average molecular weight is 639 g/mol. The van der Waals surface area contributed by atoms with Crippen LogP contribution in [-0.2, 0) is 21.4 Å². The molecule has 1 heterocycles. The van der Waals surface area contributed by atoms with E-state index in [1.54, 1.807) is 0 Å². The number of ether oxygens (including phenoxy) is 1. The molecule has 230 valence electrons. The topological polar surface area (TPSA) is 113 Å². The lowest BCUT2D eigenvalue weighted by Crippen LogP contribution is -2.38. The number of nitrogens with one attached hydrogen (secondary N) is 1. The second-order valence-corrected chi connectivity index (χ2v) is 12.8. The monoisotopic (exact) mass is 638 g/mol. The number of amides is 1. The van der Waals surface area contributed by atoms with Crippen LogP contribution in [0, 0.1) is 11.6 Å². The van der Waals surface area contributed by atoms with E-state index in [4.69, 9.17) is 26.2 Å². The fourth-order valence-electron chi connectivity index (χ4n) is 4.54. The lowest BCUT2D eigenvalue weighted by Gasteiger charge is -2.33. The maximum atomic E-state index is 14.9. The van der Waals surface area contributed by atoms with Crippen molar-refractivity contribution in [3.05, 3.63) is 63.7 Å². The van der Waals surface area contributed by atoms with E-state index < -0.39 is 45.0 Å². The molecule has 15 heteroatoms. The van der Waals surface area contributed by atoms with Gasteiger partial charge in [0.1, 0.15) is 23.5 Å². The van der Waals surface area contributed by atoms with Crippen molar-refractivity contribution in [2.24, 2.45) is 0 Å². The number of carboxylic acid groups (broad SMARTS) is 1. The fourth-order valence-corrected chi connectivity index (χ4v) is 6.04. The third-order valence-corrected chi connectivity index (χ3v) is 9.16. The van der Waals surface area contributed by atoms with Crippen molar-refractivity contribution in [3.63, 3.8) is 0 Å². The third kappa shape index (κ3) is 8.54. The van der Waals surface area contributed by atoms with Crippen LogP contribution in [0.3, 0.4) is 0 Å². The molecule has 0 aromatic heterocycles. The lowest BCUT2D eigenvalue weighted by molar-refractivity contribution is -0.192. The maximum Gasteiger partial charge on any atom is 0.490 e. The molecule has 0 bridgehead atoms. The number of hydrogen-bond acceptors (Lipinski definition) is 6. The Morgan fingerprint density at radius 3 is 2.17 bits per heavy atom. The second kappa shape index (κ2) is 12.7. The fraction of sp³-hybridized carbons (Fsp3) is 0.481. The number of nitrogens with zero attached hydrogens (tertiary/aromatic N) is 1. The van der Waals surface area contributed by atoms with Crippen molar-refractivity contribution in [1.82, 2.24) is 9.62 Å². The molecule has 2 aromatic carbocycles. The van der Waals surface area contributed by atoms with Crippen LogP contribution < -0.4 is 9.46 Å². The zero-order valence-electron chi connectivity index (χ0n) is 22.1. The number of hydrogen-bond donors (Lipinski definition) is 2. The normalized spacial score (nSPS) is 18.1. The van der Waals surface area contributed by atoms with Gasteiger partial charge in [-0.25, -0.2) is 26.7 Å². The Morgan fingerprint density at radius 1 is 1.02 bits per heavy atom. The van der Waals surface area contributed by atoms with E-state index >= 15 is 0 Å². The Hall–Kier alpha value is -2.97. The molecular formula is C27H28ClF5N2O6S. The number of halogens is 6. The van der Waals surface area contributed by atoms with Gasteiger partial charge in [-0.15, -0.1) is 0 Å². The van der Waals surface area contributed by atoms with E-state index in [0.717, 1.165) is 49.9 Å². The van der Waals surface area contributed by atoms with Gasteiger partial charge in [-0.05, 0) is 85.9 Å². The van der Waals surface area contributed by atoms with Crippen molar-refractivity contribution in [2.45, 2.75) is 68.5 Å². The highest BCUT2D eigenvalue weighted by Crippen LogP contribution is 2.43. The predicted octanol–water partition coefficient (Wildman–Crippen LogP) is 5.39. The number of aliphatic carboxylic acids is 1. The summed E-state index contributed by atoms with van der Waals surface area (Å²) in [7, 11) is -3.75. The Kier molecular flexibility index (Phi) is 9.68. The molecular weight excluding hydrogens is 611 g/mol. The highest BCUT2D eigenvalue weighted by molar-refractivity contribution is 7.91. The van der Waals surface area contributed by atoms with Gasteiger partial charge in [0.05, 0.1) is 15.8 Å². The van der Waals surface area contributed by atoms with E-state index in [-0.39, 0.29) is 22.6 Å². The minimum Gasteiger partial charge on any atom is -0.489 e. The summed E-state index contributed by atoms with van der Waals surface area (Å²) >= 11 is 6.07. The van der Waals surface area contributed by atoms with Crippen molar-refractivity contribution in [2.75, 3.05) is 13.1 Å². The van der Waals surface area contributed by atoms with Gasteiger partial charge in [0, 0.05) is 19.6 Å². The molecule has 0 radical (unpaired) electrons. The summed E-state index contributed by atoms with van der Waals surface area (Å²) in [5, 5.41) is 6.81. The second-order valence-electron chi connectivity index (χ2n) is 10.5. The number of likely N-dealkylation sites (tertiary alicyclic amines) is 1. The summed E-state index contributed by atoms with van der Waals surface area (Å²) in [5.74, 6) is -4.06. The van der Waals surface area contributed by atoms with Gasteiger partial charge < -0.3 is 9.84 Å². The number of carbonyl (C=O) groups is 2. The molecule has 1 aliphatic heterocycles. The Morgan fingerprint density at radius 2 is 1.64 bits per heavy atom. The van der Waals surface area contributed by atoms with Crippen LogP contribution in [0.5, 0.6) is 5.75 Å². The summed E-state index contributed by atoms with van der Waals surface area (Å²) in [6, 6.07) is 6.99. The number of alkyl halides is 3. The Labute approximate surface area is 243 Å². The molecule has 3 fully saturated rings. The first-order valence-corrected chi connectivity index (χ1v) is 15.1. The quantitative estimate of drug-likeness (QED) is 0.373.